The van der Waals surface area contributed by atoms with Gasteiger partial charge in [-0.15, -0.1) is 10.2 Å². The van der Waals surface area contributed by atoms with E-state index in [1.807, 2.05) is 0 Å². The van der Waals surface area contributed by atoms with Crippen molar-refractivity contribution in [2.24, 2.45) is 0 Å². The van der Waals surface area contributed by atoms with Crippen molar-refractivity contribution >= 4 is 11.6 Å². The van der Waals surface area contributed by atoms with Crippen LogP contribution in [-0.4, -0.2) is 39.8 Å². The molecule has 158 valence electrons. The molecule has 0 spiro atoms. The maximum absolute atomic E-state index is 12.9. The number of fused-ring (bicyclic) bond motifs is 1. The molecule has 1 atom stereocenters. The Kier molecular flexibility index (Phi) is 5.58. The van der Waals surface area contributed by atoms with Crippen molar-refractivity contribution in [2.45, 2.75) is 31.7 Å². The van der Waals surface area contributed by atoms with Crippen LogP contribution in [0.15, 0.2) is 42.6 Å². The molecule has 0 saturated carbocycles. The molecule has 7 nitrogen and oxygen atoms in total. The molecule has 1 amide bonds. The number of aromatic nitrogens is 3. The molecule has 3 heterocycles. The van der Waals surface area contributed by atoms with Crippen molar-refractivity contribution in [1.29, 1.82) is 0 Å². The molecular formula is C20H19F3N4O3. The fourth-order valence-corrected chi connectivity index (χ4v) is 3.18. The molecule has 4 rings (SSSR count). The van der Waals surface area contributed by atoms with E-state index in [0.717, 1.165) is 31.7 Å². The molecule has 1 N–H and O–H groups in total. The molecule has 1 saturated heterocycles. The van der Waals surface area contributed by atoms with Gasteiger partial charge in [0.2, 0.25) is 0 Å². The third kappa shape index (κ3) is 4.54. The summed E-state index contributed by atoms with van der Waals surface area (Å²) < 4.78 is 51.3. The van der Waals surface area contributed by atoms with Crippen LogP contribution < -0.4 is 10.1 Å². The zero-order valence-corrected chi connectivity index (χ0v) is 15.9. The van der Waals surface area contributed by atoms with Crippen molar-refractivity contribution in [2.75, 3.05) is 13.2 Å². The molecule has 0 aliphatic carbocycles. The first kappa shape index (κ1) is 20.1. The van der Waals surface area contributed by atoms with E-state index in [4.69, 9.17) is 9.47 Å². The lowest BCUT2D eigenvalue weighted by Crippen LogP contribution is -2.24. The summed E-state index contributed by atoms with van der Waals surface area (Å²) in [5, 5.41) is 10.4. The van der Waals surface area contributed by atoms with Crippen LogP contribution in [0.1, 0.15) is 34.6 Å². The number of rotatable bonds is 6. The summed E-state index contributed by atoms with van der Waals surface area (Å²) in [6.07, 6.45) is -1.55. The third-order valence-electron chi connectivity index (χ3n) is 4.76. The molecular weight excluding hydrogens is 401 g/mol. The number of hydrogen-bond donors (Lipinski definition) is 1. The Hall–Kier alpha value is -3.14. The summed E-state index contributed by atoms with van der Waals surface area (Å²) in [4.78, 5) is 12.5. The summed E-state index contributed by atoms with van der Waals surface area (Å²) in [5.41, 5.74) is -0.195. The number of alkyl halides is 3. The van der Waals surface area contributed by atoms with E-state index in [0.29, 0.717) is 17.9 Å². The fourth-order valence-electron chi connectivity index (χ4n) is 3.18. The topological polar surface area (TPSA) is 77.8 Å². The number of nitrogens with one attached hydrogen (secondary N) is 1. The molecule has 1 aliphatic heterocycles. The van der Waals surface area contributed by atoms with Crippen LogP contribution in [0, 0.1) is 0 Å². The highest BCUT2D eigenvalue weighted by Crippen LogP contribution is 2.29. The highest BCUT2D eigenvalue weighted by atomic mass is 19.4. The lowest BCUT2D eigenvalue weighted by molar-refractivity contribution is -0.137. The number of amides is 1. The van der Waals surface area contributed by atoms with Gasteiger partial charge in [-0.3, -0.25) is 9.20 Å². The van der Waals surface area contributed by atoms with Gasteiger partial charge in [-0.2, -0.15) is 13.2 Å². The van der Waals surface area contributed by atoms with Crippen molar-refractivity contribution < 1.29 is 27.4 Å². The minimum atomic E-state index is -4.48. The van der Waals surface area contributed by atoms with E-state index in [-0.39, 0.29) is 24.1 Å². The monoisotopic (exact) mass is 420 g/mol. The summed E-state index contributed by atoms with van der Waals surface area (Å²) in [6.45, 7) is 1.07. The summed E-state index contributed by atoms with van der Waals surface area (Å²) in [5.74, 6) is 0.331. The molecule has 3 aromatic rings. The lowest BCUT2D eigenvalue weighted by atomic mass is 10.2. The predicted octanol–water partition coefficient (Wildman–Crippen LogP) is 3.24. The highest BCUT2D eigenvalue weighted by molar-refractivity contribution is 5.94. The highest BCUT2D eigenvalue weighted by Gasteiger charge is 2.31. The Labute approximate surface area is 169 Å². The Morgan fingerprint density at radius 3 is 2.90 bits per heavy atom. The van der Waals surface area contributed by atoms with Crippen LogP contribution >= 0.6 is 0 Å². The molecule has 30 heavy (non-hydrogen) atoms. The second kappa shape index (κ2) is 8.31. The second-order valence-corrected chi connectivity index (χ2v) is 6.92. The molecule has 1 aromatic carbocycles. The Bertz CT molecular complexity index is 1050. The number of hydrogen-bond acceptors (Lipinski definition) is 5. The molecule has 0 bridgehead atoms. The van der Waals surface area contributed by atoms with E-state index in [1.165, 1.54) is 10.5 Å². The zero-order chi connectivity index (χ0) is 21.1. The van der Waals surface area contributed by atoms with Crippen molar-refractivity contribution in [1.82, 2.24) is 19.9 Å². The Morgan fingerprint density at radius 1 is 1.27 bits per heavy atom. The fraction of sp³-hybridized carbons (Fsp3) is 0.350. The first-order valence-electron chi connectivity index (χ1n) is 9.44. The predicted molar refractivity (Wildman–Crippen MR) is 100 cm³/mol. The second-order valence-electron chi connectivity index (χ2n) is 6.92. The molecule has 10 heteroatoms. The van der Waals surface area contributed by atoms with Gasteiger partial charge in [-0.1, -0.05) is 6.07 Å². The average Bonchev–Trinajstić information content (AvgIpc) is 3.39. The summed E-state index contributed by atoms with van der Waals surface area (Å²) in [7, 11) is 0. The van der Waals surface area contributed by atoms with E-state index in [1.54, 1.807) is 24.3 Å². The van der Waals surface area contributed by atoms with E-state index in [9.17, 15) is 18.0 Å². The third-order valence-corrected chi connectivity index (χ3v) is 4.76. The standard InChI is InChI=1S/C20H19F3N4O3/c21-20(22,23)14-6-7-17-25-26-18(27(17)11-14)10-24-19(28)13-3-1-4-15(9-13)30-12-16-5-2-8-29-16/h1,3-4,6-7,9,11,16H,2,5,8,10,12H2,(H,24,28)/t16-/m1/s1. The minimum Gasteiger partial charge on any atom is -0.491 e. The molecule has 2 aromatic heterocycles. The van der Waals surface area contributed by atoms with Gasteiger partial charge in [0.05, 0.1) is 18.2 Å². The van der Waals surface area contributed by atoms with Gasteiger partial charge in [0.15, 0.2) is 11.5 Å². The van der Waals surface area contributed by atoms with Gasteiger partial charge >= 0.3 is 6.18 Å². The van der Waals surface area contributed by atoms with Gasteiger partial charge in [0.1, 0.15) is 12.4 Å². The molecule has 1 aliphatic rings. The number of carbonyl (C=O) groups excluding carboxylic acids is 1. The quantitative estimate of drug-likeness (QED) is 0.663. The number of ether oxygens (including phenoxy) is 2. The van der Waals surface area contributed by atoms with Crippen LogP contribution in [0.4, 0.5) is 13.2 Å². The van der Waals surface area contributed by atoms with Crippen molar-refractivity contribution in [3.63, 3.8) is 0 Å². The van der Waals surface area contributed by atoms with Gasteiger partial charge in [-0.05, 0) is 43.2 Å². The van der Waals surface area contributed by atoms with Crippen LogP contribution in [0.3, 0.4) is 0 Å². The zero-order valence-electron chi connectivity index (χ0n) is 15.9. The number of carbonyl (C=O) groups is 1. The molecule has 1 fully saturated rings. The van der Waals surface area contributed by atoms with Gasteiger partial charge < -0.3 is 14.8 Å². The van der Waals surface area contributed by atoms with Gasteiger partial charge in [0.25, 0.3) is 5.91 Å². The normalized spacial score (nSPS) is 16.7. The van der Waals surface area contributed by atoms with Crippen LogP contribution in [0.25, 0.3) is 5.65 Å². The lowest BCUT2D eigenvalue weighted by Gasteiger charge is -2.12. The smallest absolute Gasteiger partial charge is 0.417 e. The number of pyridine rings is 1. The van der Waals surface area contributed by atoms with E-state index < -0.39 is 17.6 Å². The van der Waals surface area contributed by atoms with Crippen molar-refractivity contribution in [3.8, 4) is 5.75 Å². The van der Waals surface area contributed by atoms with E-state index in [2.05, 4.69) is 15.5 Å². The Balaban J connectivity index is 1.41. The number of nitrogens with zero attached hydrogens (tertiary/aromatic N) is 3. The van der Waals surface area contributed by atoms with E-state index >= 15 is 0 Å². The first-order chi connectivity index (χ1) is 14.4. The SMILES string of the molecule is O=C(NCc1nnc2ccc(C(F)(F)F)cn12)c1cccc(OC[C@H]2CCCO2)c1. The van der Waals surface area contributed by atoms with Crippen LogP contribution in [0.5, 0.6) is 5.75 Å². The van der Waals surface area contributed by atoms with Gasteiger partial charge in [0, 0.05) is 18.4 Å². The maximum atomic E-state index is 12.9. The minimum absolute atomic E-state index is 0.0605. The summed E-state index contributed by atoms with van der Waals surface area (Å²) in [6, 6.07) is 8.84. The number of halogens is 3. The van der Waals surface area contributed by atoms with Crippen molar-refractivity contribution in [3.05, 3.63) is 59.5 Å². The first-order valence-corrected chi connectivity index (χ1v) is 9.44. The van der Waals surface area contributed by atoms with Crippen LogP contribution in [-0.2, 0) is 17.5 Å². The molecule has 0 unspecified atom stereocenters. The summed E-state index contributed by atoms with van der Waals surface area (Å²) >= 11 is 0. The largest absolute Gasteiger partial charge is 0.491 e. The average molecular weight is 420 g/mol. The van der Waals surface area contributed by atoms with Gasteiger partial charge in [-0.25, -0.2) is 0 Å². The number of benzene rings is 1. The van der Waals surface area contributed by atoms with Crippen LogP contribution in [0.2, 0.25) is 0 Å². The Morgan fingerprint density at radius 2 is 2.13 bits per heavy atom. The maximum Gasteiger partial charge on any atom is 0.417 e. The molecule has 0 radical (unpaired) electrons.